The average Bonchev–Trinajstić information content (AvgIpc) is 3.00. The number of fused-ring (bicyclic) bond motifs is 1. The number of aliphatic hydroxyl groups is 1. The fourth-order valence-corrected chi connectivity index (χ4v) is 2.83. The third-order valence-electron chi connectivity index (χ3n) is 3.93. The number of rotatable bonds is 6. The van der Waals surface area contributed by atoms with Gasteiger partial charge in [-0.15, -0.1) is 0 Å². The van der Waals surface area contributed by atoms with E-state index in [2.05, 4.69) is 44.7 Å². The summed E-state index contributed by atoms with van der Waals surface area (Å²) in [7, 11) is 0. The molecule has 1 unspecified atom stereocenters. The molecule has 112 valence electrons. The van der Waals surface area contributed by atoms with Gasteiger partial charge in [-0.1, -0.05) is 24.3 Å². The highest BCUT2D eigenvalue weighted by molar-refractivity contribution is 5.29. The Bertz CT molecular complexity index is 555. The van der Waals surface area contributed by atoms with Crippen molar-refractivity contribution in [1.29, 1.82) is 0 Å². The molecule has 0 spiro atoms. The minimum absolute atomic E-state index is 0.349. The predicted molar refractivity (Wildman–Crippen MR) is 81.7 cm³/mol. The third kappa shape index (κ3) is 3.91. The van der Waals surface area contributed by atoms with Gasteiger partial charge in [0.25, 0.3) is 0 Å². The lowest BCUT2D eigenvalue weighted by molar-refractivity contribution is 0.104. The maximum atomic E-state index is 10.1. The van der Waals surface area contributed by atoms with E-state index in [1.807, 2.05) is 6.07 Å². The molecule has 3 N–H and O–H groups in total. The summed E-state index contributed by atoms with van der Waals surface area (Å²) in [4.78, 5) is 2.32. The van der Waals surface area contributed by atoms with Crippen molar-refractivity contribution in [3.8, 4) is 0 Å². The molecule has 0 saturated heterocycles. The topological polar surface area (TPSA) is 64.2 Å². The Morgan fingerprint density at radius 3 is 2.95 bits per heavy atom. The molecular formula is C16H22N4O. The van der Waals surface area contributed by atoms with Crippen LogP contribution in [0.3, 0.4) is 0 Å². The van der Waals surface area contributed by atoms with Crippen LogP contribution in [0, 0.1) is 0 Å². The van der Waals surface area contributed by atoms with Crippen LogP contribution in [0.4, 0.5) is 0 Å². The van der Waals surface area contributed by atoms with E-state index in [1.165, 1.54) is 11.1 Å². The lowest BCUT2D eigenvalue weighted by Crippen LogP contribution is -2.40. The standard InChI is InChI=1S/C16H22N4O/c21-16(10-17-9-15-5-7-18-19-15)12-20-8-6-13-3-1-2-4-14(13)11-20/h1-5,7,16-17,21H,6,8-12H2,(H,18,19). The zero-order valence-electron chi connectivity index (χ0n) is 12.1. The molecule has 5 nitrogen and oxygen atoms in total. The first-order valence-corrected chi connectivity index (χ1v) is 7.47. The Hall–Kier alpha value is -1.69. The van der Waals surface area contributed by atoms with E-state index in [4.69, 9.17) is 0 Å². The summed E-state index contributed by atoms with van der Waals surface area (Å²) in [6.07, 6.45) is 2.46. The van der Waals surface area contributed by atoms with Gasteiger partial charge in [-0.25, -0.2) is 0 Å². The maximum absolute atomic E-state index is 10.1. The number of nitrogens with zero attached hydrogens (tertiary/aromatic N) is 2. The van der Waals surface area contributed by atoms with Gasteiger partial charge in [0.2, 0.25) is 0 Å². The van der Waals surface area contributed by atoms with Gasteiger partial charge in [0.05, 0.1) is 6.10 Å². The van der Waals surface area contributed by atoms with E-state index in [0.717, 1.165) is 25.2 Å². The van der Waals surface area contributed by atoms with Gasteiger partial charge in [0.15, 0.2) is 0 Å². The minimum Gasteiger partial charge on any atom is -0.390 e. The molecule has 5 heteroatoms. The molecular weight excluding hydrogens is 264 g/mol. The Morgan fingerprint density at radius 1 is 1.29 bits per heavy atom. The van der Waals surface area contributed by atoms with Crippen LogP contribution in [0.2, 0.25) is 0 Å². The summed E-state index contributed by atoms with van der Waals surface area (Å²) in [6, 6.07) is 10.5. The van der Waals surface area contributed by atoms with E-state index in [9.17, 15) is 5.11 Å². The van der Waals surface area contributed by atoms with Crippen molar-refractivity contribution < 1.29 is 5.11 Å². The number of aromatic amines is 1. The van der Waals surface area contributed by atoms with Gasteiger partial charge in [-0.3, -0.25) is 10.00 Å². The number of hydrogen-bond donors (Lipinski definition) is 3. The van der Waals surface area contributed by atoms with Crippen molar-refractivity contribution in [2.45, 2.75) is 25.6 Å². The first kappa shape index (κ1) is 14.3. The normalized spacial score (nSPS) is 16.6. The van der Waals surface area contributed by atoms with Gasteiger partial charge in [-0.2, -0.15) is 5.10 Å². The molecule has 0 amide bonds. The second kappa shape index (κ2) is 6.85. The maximum Gasteiger partial charge on any atom is 0.0791 e. The van der Waals surface area contributed by atoms with Crippen molar-refractivity contribution in [2.24, 2.45) is 0 Å². The van der Waals surface area contributed by atoms with Crippen molar-refractivity contribution in [3.63, 3.8) is 0 Å². The van der Waals surface area contributed by atoms with Crippen LogP contribution in [-0.4, -0.2) is 45.9 Å². The van der Waals surface area contributed by atoms with Crippen LogP contribution in [0.15, 0.2) is 36.5 Å². The Kier molecular flexibility index (Phi) is 4.65. The molecule has 21 heavy (non-hydrogen) atoms. The van der Waals surface area contributed by atoms with Crippen molar-refractivity contribution in [2.75, 3.05) is 19.6 Å². The molecule has 0 radical (unpaired) electrons. The molecule has 2 aromatic rings. The molecule has 1 atom stereocenters. The Labute approximate surface area is 125 Å². The highest BCUT2D eigenvalue weighted by Gasteiger charge is 2.18. The monoisotopic (exact) mass is 286 g/mol. The smallest absolute Gasteiger partial charge is 0.0791 e. The van der Waals surface area contributed by atoms with Gasteiger partial charge in [-0.05, 0) is 23.6 Å². The van der Waals surface area contributed by atoms with E-state index in [1.54, 1.807) is 6.20 Å². The van der Waals surface area contributed by atoms with Crippen molar-refractivity contribution in [3.05, 3.63) is 53.3 Å². The molecule has 3 rings (SSSR count). The molecule has 0 saturated carbocycles. The highest BCUT2D eigenvalue weighted by Crippen LogP contribution is 2.18. The van der Waals surface area contributed by atoms with Crippen LogP contribution in [0.5, 0.6) is 0 Å². The lowest BCUT2D eigenvalue weighted by atomic mass is 10.00. The highest BCUT2D eigenvalue weighted by atomic mass is 16.3. The summed E-state index contributed by atoms with van der Waals surface area (Å²) in [5.74, 6) is 0. The number of nitrogens with one attached hydrogen (secondary N) is 2. The predicted octanol–water partition coefficient (Wildman–Crippen LogP) is 0.918. The number of hydrogen-bond acceptors (Lipinski definition) is 4. The molecule has 0 bridgehead atoms. The average molecular weight is 286 g/mol. The van der Waals surface area contributed by atoms with E-state index >= 15 is 0 Å². The molecule has 2 heterocycles. The first-order chi connectivity index (χ1) is 10.3. The number of aromatic nitrogens is 2. The molecule has 0 aliphatic carbocycles. The number of H-pyrrole nitrogens is 1. The van der Waals surface area contributed by atoms with Crippen molar-refractivity contribution >= 4 is 0 Å². The van der Waals surface area contributed by atoms with Crippen LogP contribution >= 0.6 is 0 Å². The zero-order valence-corrected chi connectivity index (χ0v) is 12.1. The summed E-state index contributed by atoms with van der Waals surface area (Å²) in [6.45, 7) is 3.98. The fraction of sp³-hybridized carbons (Fsp3) is 0.438. The van der Waals surface area contributed by atoms with E-state index < -0.39 is 0 Å². The summed E-state index contributed by atoms with van der Waals surface area (Å²) < 4.78 is 0. The minimum atomic E-state index is -0.349. The number of β-amino-alcohol motifs (C(OH)–C–C–N with tert-alkyl or cyclic N) is 1. The van der Waals surface area contributed by atoms with Crippen molar-refractivity contribution in [1.82, 2.24) is 20.4 Å². The molecule has 1 aliphatic rings. The van der Waals surface area contributed by atoms with Gasteiger partial charge < -0.3 is 10.4 Å². The van der Waals surface area contributed by atoms with E-state index in [-0.39, 0.29) is 6.10 Å². The van der Waals surface area contributed by atoms with Crippen LogP contribution in [0.1, 0.15) is 16.8 Å². The zero-order chi connectivity index (χ0) is 14.5. The van der Waals surface area contributed by atoms with Gasteiger partial charge >= 0.3 is 0 Å². The van der Waals surface area contributed by atoms with Crippen LogP contribution in [0.25, 0.3) is 0 Å². The molecule has 1 aromatic heterocycles. The van der Waals surface area contributed by atoms with Crippen LogP contribution in [-0.2, 0) is 19.5 Å². The largest absolute Gasteiger partial charge is 0.390 e. The van der Waals surface area contributed by atoms with Gasteiger partial charge in [0.1, 0.15) is 0 Å². The van der Waals surface area contributed by atoms with E-state index in [0.29, 0.717) is 19.6 Å². The molecule has 1 aliphatic heterocycles. The quantitative estimate of drug-likeness (QED) is 0.739. The third-order valence-corrected chi connectivity index (χ3v) is 3.93. The summed E-state index contributed by atoms with van der Waals surface area (Å²) in [5.41, 5.74) is 3.87. The number of benzene rings is 1. The number of aliphatic hydroxyl groups excluding tert-OH is 1. The van der Waals surface area contributed by atoms with Crippen LogP contribution < -0.4 is 5.32 Å². The second-order valence-electron chi connectivity index (χ2n) is 5.62. The molecule has 1 aromatic carbocycles. The SMILES string of the molecule is OC(CNCc1ccn[nH]1)CN1CCc2ccccc2C1. The summed E-state index contributed by atoms with van der Waals surface area (Å²) in [5, 5.41) is 20.2. The Balaban J connectivity index is 1.42. The molecule has 0 fully saturated rings. The lowest BCUT2D eigenvalue weighted by Gasteiger charge is -2.30. The first-order valence-electron chi connectivity index (χ1n) is 7.47. The summed E-state index contributed by atoms with van der Waals surface area (Å²) >= 11 is 0. The Morgan fingerprint density at radius 2 is 2.14 bits per heavy atom. The van der Waals surface area contributed by atoms with Gasteiger partial charge in [0, 0.05) is 44.6 Å². The fourth-order valence-electron chi connectivity index (χ4n) is 2.83. The second-order valence-corrected chi connectivity index (χ2v) is 5.62.